The average Bonchev–Trinajstić information content (AvgIpc) is 3.44. The lowest BCUT2D eigenvalue weighted by atomic mass is 10.1. The molecule has 0 saturated heterocycles. The molecule has 0 aliphatic rings. The number of nitrogens with zero attached hydrogens (tertiary/aromatic N) is 2. The van der Waals surface area contributed by atoms with E-state index in [2.05, 4.69) is 5.32 Å². The van der Waals surface area contributed by atoms with Crippen molar-refractivity contribution in [2.75, 3.05) is 22.6 Å². The van der Waals surface area contributed by atoms with Gasteiger partial charge in [0.1, 0.15) is 0 Å². The van der Waals surface area contributed by atoms with Crippen LogP contribution in [0, 0.1) is 11.3 Å². The lowest BCUT2D eigenvalue weighted by molar-refractivity contribution is -0.172. The zero-order valence-electron chi connectivity index (χ0n) is 20.5. The summed E-state index contributed by atoms with van der Waals surface area (Å²) in [5.74, 6) is -3.38. The molecule has 1 aromatic heterocycles. The number of rotatable bonds is 10. The number of halogens is 1. The van der Waals surface area contributed by atoms with E-state index in [9.17, 15) is 19.2 Å². The number of ether oxygens (including phenoxy) is 2. The molecular formula is C27H24ClN3O6S. The topological polar surface area (TPSA) is 126 Å². The second-order valence-electron chi connectivity index (χ2n) is 7.98. The summed E-state index contributed by atoms with van der Waals surface area (Å²) in [4.78, 5) is 52.1. The fourth-order valence-corrected chi connectivity index (χ4v) is 4.39. The highest BCUT2D eigenvalue weighted by Crippen LogP contribution is 2.26. The van der Waals surface area contributed by atoms with E-state index in [0.29, 0.717) is 11.3 Å². The van der Waals surface area contributed by atoms with Gasteiger partial charge in [0, 0.05) is 37.6 Å². The fourth-order valence-electron chi connectivity index (χ4n) is 3.56. The summed E-state index contributed by atoms with van der Waals surface area (Å²) < 4.78 is 10.4. The Bertz CT molecular complexity index is 1320. The zero-order chi connectivity index (χ0) is 27.7. The molecule has 2 amide bonds. The van der Waals surface area contributed by atoms with Crippen LogP contribution in [0.4, 0.5) is 11.4 Å². The second-order valence-corrected chi connectivity index (χ2v) is 9.13. The maximum absolute atomic E-state index is 13.7. The van der Waals surface area contributed by atoms with Crippen molar-refractivity contribution in [1.29, 1.82) is 5.26 Å². The van der Waals surface area contributed by atoms with Crippen molar-refractivity contribution < 1.29 is 28.7 Å². The largest absolute Gasteiger partial charge is 0.448 e. The highest BCUT2D eigenvalue weighted by atomic mass is 35.5. The number of anilines is 2. The summed E-state index contributed by atoms with van der Waals surface area (Å²) in [6.07, 6.45) is -3.60. The van der Waals surface area contributed by atoms with Crippen LogP contribution in [0.5, 0.6) is 0 Å². The highest BCUT2D eigenvalue weighted by molar-refractivity contribution is 7.08. The molecule has 0 aliphatic heterocycles. The van der Waals surface area contributed by atoms with Crippen LogP contribution in [-0.4, -0.2) is 48.4 Å². The Morgan fingerprint density at radius 1 is 0.947 bits per heavy atom. The lowest BCUT2D eigenvalue weighted by Crippen LogP contribution is -2.53. The number of carbonyl (C=O) groups excluding carboxylic acids is 4. The molecule has 0 aliphatic carbocycles. The Labute approximate surface area is 228 Å². The van der Waals surface area contributed by atoms with Crippen LogP contribution >= 0.6 is 22.9 Å². The van der Waals surface area contributed by atoms with Crippen LogP contribution in [-0.2, 0) is 28.7 Å². The summed E-state index contributed by atoms with van der Waals surface area (Å²) in [6, 6.07) is 16.9. The first-order valence-electron chi connectivity index (χ1n) is 11.4. The van der Waals surface area contributed by atoms with Gasteiger partial charge < -0.3 is 19.7 Å². The molecule has 0 fully saturated rings. The molecule has 0 spiro atoms. The van der Waals surface area contributed by atoms with Gasteiger partial charge >= 0.3 is 11.9 Å². The Kier molecular flexibility index (Phi) is 9.99. The molecular weight excluding hydrogens is 530 g/mol. The molecule has 0 saturated carbocycles. The van der Waals surface area contributed by atoms with Crippen molar-refractivity contribution in [3.8, 4) is 17.2 Å². The number of benzene rings is 2. The third-order valence-electron chi connectivity index (χ3n) is 5.25. The summed E-state index contributed by atoms with van der Waals surface area (Å²) in [5, 5.41) is 15.4. The summed E-state index contributed by atoms with van der Waals surface area (Å²) in [5.41, 5.74) is 3.05. The number of esters is 2. The van der Waals surface area contributed by atoms with Crippen molar-refractivity contribution in [2.24, 2.45) is 0 Å². The fraction of sp³-hybridized carbons (Fsp3) is 0.222. The molecule has 196 valence electrons. The number of nitriles is 1. The third kappa shape index (κ3) is 7.41. The predicted molar refractivity (Wildman–Crippen MR) is 144 cm³/mol. The van der Waals surface area contributed by atoms with E-state index >= 15 is 0 Å². The third-order valence-corrected chi connectivity index (χ3v) is 6.10. The molecule has 0 unspecified atom stereocenters. The van der Waals surface area contributed by atoms with Crippen LogP contribution in [0.2, 0.25) is 0 Å². The van der Waals surface area contributed by atoms with Crippen LogP contribution in [0.15, 0.2) is 65.4 Å². The monoisotopic (exact) mass is 553 g/mol. The first-order valence-corrected chi connectivity index (χ1v) is 12.9. The minimum Gasteiger partial charge on any atom is -0.448 e. The van der Waals surface area contributed by atoms with E-state index in [1.54, 1.807) is 23.5 Å². The minimum absolute atomic E-state index is 0.0278. The Balaban J connectivity index is 1.93. The summed E-state index contributed by atoms with van der Waals surface area (Å²) >= 11 is 7.54. The van der Waals surface area contributed by atoms with E-state index in [-0.39, 0.29) is 18.1 Å². The van der Waals surface area contributed by atoms with Crippen LogP contribution < -0.4 is 10.2 Å². The number of carbonyl (C=O) groups is 4. The maximum atomic E-state index is 13.7. The van der Waals surface area contributed by atoms with Gasteiger partial charge in [-0.1, -0.05) is 12.1 Å². The van der Waals surface area contributed by atoms with Gasteiger partial charge in [0.15, 0.2) is 0 Å². The number of hydrogen-bond acceptors (Lipinski definition) is 8. The van der Waals surface area contributed by atoms with Crippen molar-refractivity contribution in [3.05, 3.63) is 70.9 Å². The SMILES string of the molecule is CC(=O)O[C@@H](C(=O)Nc1ccc(C#N)cc1)[C@@H](OC(C)=O)C(=O)N(CCCl)c1ccc(-c2ccsc2)cc1. The summed E-state index contributed by atoms with van der Waals surface area (Å²) in [7, 11) is 0. The molecule has 0 bridgehead atoms. The van der Waals surface area contributed by atoms with Crippen LogP contribution in [0.3, 0.4) is 0 Å². The standard InChI is InChI=1S/C27H24ClN3O6S/c1-17(32)36-24(26(34)30-22-7-3-19(15-29)4-8-22)25(37-18(2)33)27(35)31(13-12-28)23-9-5-20(6-10-23)21-11-14-38-16-21/h3-11,14,16,24-25H,12-13H2,1-2H3,(H,30,34)/t24-,25-/m1/s1. The molecule has 2 atom stereocenters. The Morgan fingerprint density at radius 2 is 1.58 bits per heavy atom. The zero-order valence-corrected chi connectivity index (χ0v) is 22.1. The molecule has 3 aromatic rings. The van der Waals surface area contributed by atoms with Gasteiger partial charge in [-0.2, -0.15) is 16.6 Å². The van der Waals surface area contributed by atoms with Crippen LogP contribution in [0.1, 0.15) is 19.4 Å². The van der Waals surface area contributed by atoms with Gasteiger partial charge in [0.25, 0.3) is 11.8 Å². The van der Waals surface area contributed by atoms with Gasteiger partial charge in [-0.3, -0.25) is 19.2 Å². The van der Waals surface area contributed by atoms with E-state index < -0.39 is 36.0 Å². The second kappa shape index (κ2) is 13.4. The predicted octanol–water partition coefficient (Wildman–Crippen LogP) is 4.36. The Morgan fingerprint density at radius 3 is 2.11 bits per heavy atom. The van der Waals surface area contributed by atoms with Crippen molar-refractivity contribution in [2.45, 2.75) is 26.1 Å². The van der Waals surface area contributed by atoms with Crippen LogP contribution in [0.25, 0.3) is 11.1 Å². The van der Waals surface area contributed by atoms with Gasteiger partial charge in [-0.05, 0) is 64.4 Å². The first kappa shape index (κ1) is 28.4. The molecule has 38 heavy (non-hydrogen) atoms. The normalized spacial score (nSPS) is 11.9. The minimum atomic E-state index is -1.80. The molecule has 2 aromatic carbocycles. The average molecular weight is 554 g/mol. The molecule has 0 radical (unpaired) electrons. The van der Waals surface area contributed by atoms with Gasteiger partial charge in [-0.15, -0.1) is 11.6 Å². The van der Waals surface area contributed by atoms with Crippen molar-refractivity contribution in [3.63, 3.8) is 0 Å². The quantitative estimate of drug-likeness (QED) is 0.292. The number of nitrogens with one attached hydrogen (secondary N) is 1. The maximum Gasteiger partial charge on any atom is 0.303 e. The number of thiophene rings is 1. The van der Waals surface area contributed by atoms with E-state index in [1.165, 1.54) is 29.2 Å². The van der Waals surface area contributed by atoms with Gasteiger partial charge in [-0.25, -0.2) is 0 Å². The van der Waals surface area contributed by atoms with Gasteiger partial charge in [0.05, 0.1) is 11.6 Å². The molecule has 9 nitrogen and oxygen atoms in total. The Hall–Kier alpha value is -4.20. The molecule has 11 heteroatoms. The highest BCUT2D eigenvalue weighted by Gasteiger charge is 2.42. The molecule has 1 N–H and O–H groups in total. The van der Waals surface area contributed by atoms with E-state index in [4.69, 9.17) is 26.3 Å². The van der Waals surface area contributed by atoms with E-state index in [0.717, 1.165) is 25.0 Å². The first-order chi connectivity index (χ1) is 18.2. The smallest absolute Gasteiger partial charge is 0.303 e. The number of alkyl halides is 1. The lowest BCUT2D eigenvalue weighted by Gasteiger charge is -2.30. The van der Waals surface area contributed by atoms with E-state index in [1.807, 2.05) is 35.0 Å². The van der Waals surface area contributed by atoms with Crippen molar-refractivity contribution >= 4 is 58.1 Å². The number of amides is 2. The summed E-state index contributed by atoms with van der Waals surface area (Å²) in [6.45, 7) is 2.17. The number of hydrogen-bond donors (Lipinski definition) is 1. The molecule has 3 rings (SSSR count). The van der Waals surface area contributed by atoms with Crippen molar-refractivity contribution in [1.82, 2.24) is 0 Å². The van der Waals surface area contributed by atoms with Gasteiger partial charge in [0.2, 0.25) is 12.2 Å². The molecule has 1 heterocycles.